The zero-order chi connectivity index (χ0) is 14.0. The number of hydrogen-bond acceptors (Lipinski definition) is 2. The number of rotatable bonds is 3. The minimum Gasteiger partial charge on any atom is -0.453 e. The Morgan fingerprint density at radius 3 is 2.63 bits per heavy atom. The van der Waals surface area contributed by atoms with Crippen LogP contribution in [0.25, 0.3) is 0 Å². The highest BCUT2D eigenvalue weighted by Gasteiger charge is 2.15. The van der Waals surface area contributed by atoms with Crippen molar-refractivity contribution in [2.45, 2.75) is 19.9 Å². The first kappa shape index (κ1) is 14.0. The zero-order valence-electron chi connectivity index (χ0n) is 10.8. The van der Waals surface area contributed by atoms with Crippen LogP contribution in [0.4, 0.5) is 4.39 Å². The Morgan fingerprint density at radius 2 is 2.00 bits per heavy atom. The van der Waals surface area contributed by atoms with Gasteiger partial charge in [-0.3, -0.25) is 0 Å². The van der Waals surface area contributed by atoms with Gasteiger partial charge in [-0.05, 0) is 53.5 Å². The number of para-hydroxylation sites is 1. The second kappa shape index (κ2) is 5.72. The van der Waals surface area contributed by atoms with Crippen molar-refractivity contribution in [3.63, 3.8) is 0 Å². The van der Waals surface area contributed by atoms with E-state index in [9.17, 15) is 4.39 Å². The lowest BCUT2D eigenvalue weighted by Gasteiger charge is -2.15. The summed E-state index contributed by atoms with van der Waals surface area (Å²) in [5.41, 5.74) is 7.58. The minimum absolute atomic E-state index is 0.182. The lowest BCUT2D eigenvalue weighted by molar-refractivity contribution is 0.430. The lowest BCUT2D eigenvalue weighted by Crippen LogP contribution is -2.07. The molecule has 100 valence electrons. The van der Waals surface area contributed by atoms with Crippen LogP contribution >= 0.6 is 15.9 Å². The average Bonchev–Trinajstić information content (AvgIpc) is 2.34. The first-order valence-electron chi connectivity index (χ1n) is 5.97. The van der Waals surface area contributed by atoms with E-state index in [0.717, 1.165) is 10.0 Å². The molecule has 19 heavy (non-hydrogen) atoms. The third-order valence-corrected chi connectivity index (χ3v) is 3.41. The third kappa shape index (κ3) is 3.14. The highest BCUT2D eigenvalue weighted by Crippen LogP contribution is 2.35. The van der Waals surface area contributed by atoms with Crippen molar-refractivity contribution >= 4 is 15.9 Å². The monoisotopic (exact) mass is 323 g/mol. The Hall–Kier alpha value is -1.39. The van der Waals surface area contributed by atoms with E-state index in [0.29, 0.717) is 11.3 Å². The largest absolute Gasteiger partial charge is 0.453 e. The number of benzene rings is 2. The van der Waals surface area contributed by atoms with Gasteiger partial charge in [0.15, 0.2) is 11.6 Å². The normalized spacial score (nSPS) is 12.3. The van der Waals surface area contributed by atoms with Crippen LogP contribution < -0.4 is 10.5 Å². The van der Waals surface area contributed by atoms with E-state index in [-0.39, 0.29) is 11.8 Å². The van der Waals surface area contributed by atoms with Crippen LogP contribution in [0.2, 0.25) is 0 Å². The molecule has 2 nitrogen and oxygen atoms in total. The van der Waals surface area contributed by atoms with Crippen LogP contribution in [-0.4, -0.2) is 0 Å². The van der Waals surface area contributed by atoms with E-state index >= 15 is 0 Å². The molecular weight excluding hydrogens is 309 g/mol. The molecule has 4 heteroatoms. The van der Waals surface area contributed by atoms with Gasteiger partial charge in [0.25, 0.3) is 0 Å². The van der Waals surface area contributed by atoms with E-state index in [1.807, 2.05) is 19.1 Å². The van der Waals surface area contributed by atoms with Gasteiger partial charge in [-0.1, -0.05) is 18.2 Å². The summed E-state index contributed by atoms with van der Waals surface area (Å²) < 4.78 is 20.4. The highest BCUT2D eigenvalue weighted by molar-refractivity contribution is 9.10. The molecule has 0 unspecified atom stereocenters. The van der Waals surface area contributed by atoms with E-state index < -0.39 is 5.82 Å². The Balaban J connectivity index is 2.43. The maximum absolute atomic E-state index is 13.9. The van der Waals surface area contributed by atoms with Gasteiger partial charge >= 0.3 is 0 Å². The molecule has 0 aromatic heterocycles. The summed E-state index contributed by atoms with van der Waals surface area (Å²) in [6.07, 6.45) is 0. The number of ether oxygens (including phenoxy) is 1. The van der Waals surface area contributed by atoms with Gasteiger partial charge < -0.3 is 10.5 Å². The van der Waals surface area contributed by atoms with E-state index in [1.54, 1.807) is 25.1 Å². The SMILES string of the molecule is Cc1ccc(Oc2c(F)cccc2[C@H](C)N)c(Br)c1. The first-order valence-corrected chi connectivity index (χ1v) is 6.76. The predicted octanol–water partition coefficient (Wildman–Crippen LogP) is 4.71. The molecule has 0 saturated carbocycles. The minimum atomic E-state index is -0.415. The molecule has 0 aliphatic rings. The molecular formula is C15H15BrFNO. The van der Waals surface area contributed by atoms with E-state index in [2.05, 4.69) is 15.9 Å². The quantitative estimate of drug-likeness (QED) is 0.887. The molecule has 2 N–H and O–H groups in total. The van der Waals surface area contributed by atoms with Crippen molar-refractivity contribution in [3.8, 4) is 11.5 Å². The van der Waals surface area contributed by atoms with Crippen LogP contribution in [0.3, 0.4) is 0 Å². The maximum Gasteiger partial charge on any atom is 0.167 e. The second-order valence-electron chi connectivity index (χ2n) is 4.48. The van der Waals surface area contributed by atoms with Crippen LogP contribution in [0.1, 0.15) is 24.1 Å². The Bertz CT molecular complexity index is 599. The molecule has 0 saturated heterocycles. The van der Waals surface area contributed by atoms with Crippen molar-refractivity contribution in [2.24, 2.45) is 5.73 Å². The molecule has 1 atom stereocenters. The standard InChI is InChI=1S/C15H15BrFNO/c1-9-6-7-14(12(16)8-9)19-15-11(10(2)18)4-3-5-13(15)17/h3-8,10H,18H2,1-2H3/t10-/m0/s1. The summed E-state index contributed by atoms with van der Waals surface area (Å²) in [7, 11) is 0. The van der Waals surface area contributed by atoms with E-state index in [1.165, 1.54) is 6.07 Å². The number of hydrogen-bond donors (Lipinski definition) is 1. The molecule has 2 aromatic rings. The molecule has 0 fully saturated rings. The number of halogens is 2. The maximum atomic E-state index is 13.9. The highest BCUT2D eigenvalue weighted by atomic mass is 79.9. The van der Waals surface area contributed by atoms with Crippen LogP contribution in [0.5, 0.6) is 11.5 Å². The summed E-state index contributed by atoms with van der Waals surface area (Å²) in [4.78, 5) is 0. The average molecular weight is 324 g/mol. The van der Waals surface area contributed by atoms with Crippen molar-refractivity contribution in [2.75, 3.05) is 0 Å². The summed E-state index contributed by atoms with van der Waals surface area (Å²) in [5, 5.41) is 0. The predicted molar refractivity (Wildman–Crippen MR) is 78.0 cm³/mol. The molecule has 0 spiro atoms. The van der Waals surface area contributed by atoms with Gasteiger partial charge in [-0.15, -0.1) is 0 Å². The fraction of sp³-hybridized carbons (Fsp3) is 0.200. The Labute approximate surface area is 120 Å². The molecule has 0 aliphatic heterocycles. The van der Waals surface area contributed by atoms with Crippen molar-refractivity contribution in [1.29, 1.82) is 0 Å². The van der Waals surface area contributed by atoms with Gasteiger partial charge in [-0.2, -0.15) is 0 Å². The van der Waals surface area contributed by atoms with Crippen molar-refractivity contribution in [3.05, 3.63) is 57.8 Å². The first-order chi connectivity index (χ1) is 8.99. The number of nitrogens with two attached hydrogens (primary N) is 1. The summed E-state index contributed by atoms with van der Waals surface area (Å²) in [6, 6.07) is 10.1. The Kier molecular flexibility index (Phi) is 4.22. The molecule has 0 radical (unpaired) electrons. The van der Waals surface area contributed by atoms with Gasteiger partial charge in [-0.25, -0.2) is 4.39 Å². The van der Waals surface area contributed by atoms with Crippen molar-refractivity contribution in [1.82, 2.24) is 0 Å². The molecule has 0 amide bonds. The van der Waals surface area contributed by atoms with Crippen LogP contribution in [0, 0.1) is 12.7 Å². The molecule has 2 rings (SSSR count). The summed E-state index contributed by atoms with van der Waals surface area (Å²) >= 11 is 3.41. The second-order valence-corrected chi connectivity index (χ2v) is 5.34. The molecule has 0 aliphatic carbocycles. The summed E-state index contributed by atoms with van der Waals surface area (Å²) in [5.74, 6) is 0.335. The van der Waals surface area contributed by atoms with Gasteiger partial charge in [0, 0.05) is 11.6 Å². The van der Waals surface area contributed by atoms with Crippen molar-refractivity contribution < 1.29 is 9.13 Å². The zero-order valence-corrected chi connectivity index (χ0v) is 12.4. The Morgan fingerprint density at radius 1 is 1.26 bits per heavy atom. The molecule has 2 aromatic carbocycles. The van der Waals surface area contributed by atoms with Gasteiger partial charge in [0.05, 0.1) is 4.47 Å². The van der Waals surface area contributed by atoms with E-state index in [4.69, 9.17) is 10.5 Å². The molecule has 0 bridgehead atoms. The smallest absolute Gasteiger partial charge is 0.167 e. The fourth-order valence-electron chi connectivity index (χ4n) is 1.79. The molecule has 0 heterocycles. The van der Waals surface area contributed by atoms with Crippen LogP contribution in [0.15, 0.2) is 40.9 Å². The third-order valence-electron chi connectivity index (χ3n) is 2.79. The number of aryl methyl sites for hydroxylation is 1. The fourth-order valence-corrected chi connectivity index (χ4v) is 2.36. The summed E-state index contributed by atoms with van der Waals surface area (Å²) in [6.45, 7) is 3.77. The van der Waals surface area contributed by atoms with Crippen LogP contribution in [-0.2, 0) is 0 Å². The topological polar surface area (TPSA) is 35.2 Å². The van der Waals surface area contributed by atoms with Gasteiger partial charge in [0.1, 0.15) is 5.75 Å². The van der Waals surface area contributed by atoms with Gasteiger partial charge in [0.2, 0.25) is 0 Å². The lowest BCUT2D eigenvalue weighted by atomic mass is 10.1.